The molecule has 1 aromatic carbocycles. The molecule has 0 unspecified atom stereocenters. The molecular formula is C15H17N3O4S2. The number of nitrogens with two attached hydrogens (primary N) is 1. The fourth-order valence-electron chi connectivity index (χ4n) is 1.98. The monoisotopic (exact) mass is 367 g/mol. The lowest BCUT2D eigenvalue weighted by molar-refractivity contribution is 0.102. The first kappa shape index (κ1) is 18.4. The molecule has 0 fully saturated rings. The van der Waals surface area contributed by atoms with Crippen LogP contribution in [-0.4, -0.2) is 29.9 Å². The van der Waals surface area contributed by atoms with Gasteiger partial charge in [-0.25, -0.2) is 18.5 Å². The average Bonchev–Trinajstić information content (AvgIpc) is 2.52. The maximum Gasteiger partial charge on any atom is 0.251 e. The number of ketones is 1. The van der Waals surface area contributed by atoms with Gasteiger partial charge in [-0.3, -0.25) is 9.59 Å². The SMILES string of the molecule is CCCc1cc(=O)[nH]c(SCC(=O)c2ccc(S(N)(=O)=O)cc2)n1. The van der Waals surface area contributed by atoms with Crippen LogP contribution >= 0.6 is 11.8 Å². The zero-order valence-corrected chi connectivity index (χ0v) is 14.6. The van der Waals surface area contributed by atoms with E-state index in [1.54, 1.807) is 0 Å². The molecule has 0 aliphatic carbocycles. The number of primary sulfonamides is 1. The number of sulfonamides is 1. The number of Topliss-reactive ketones (excluding diaryl/α,β-unsaturated/α-hetero) is 1. The molecule has 2 aromatic rings. The summed E-state index contributed by atoms with van der Waals surface area (Å²) in [6, 6.07) is 6.84. The molecule has 0 saturated carbocycles. The molecule has 0 radical (unpaired) electrons. The Morgan fingerprint density at radius 2 is 1.96 bits per heavy atom. The van der Waals surface area contributed by atoms with Gasteiger partial charge in [-0.15, -0.1) is 0 Å². The normalized spacial score (nSPS) is 11.4. The molecule has 7 nitrogen and oxygen atoms in total. The predicted molar refractivity (Wildman–Crippen MR) is 91.7 cm³/mol. The third-order valence-corrected chi connectivity index (χ3v) is 4.93. The minimum Gasteiger partial charge on any atom is -0.301 e. The van der Waals surface area contributed by atoms with Crippen LogP contribution in [0, 0.1) is 0 Å². The highest BCUT2D eigenvalue weighted by molar-refractivity contribution is 7.99. The zero-order chi connectivity index (χ0) is 17.7. The number of hydrogen-bond donors (Lipinski definition) is 2. The lowest BCUT2D eigenvalue weighted by Crippen LogP contribution is -2.13. The van der Waals surface area contributed by atoms with Crippen molar-refractivity contribution in [2.24, 2.45) is 5.14 Å². The molecule has 9 heteroatoms. The van der Waals surface area contributed by atoms with E-state index in [4.69, 9.17) is 5.14 Å². The summed E-state index contributed by atoms with van der Waals surface area (Å²) in [5.41, 5.74) is 0.802. The number of aromatic amines is 1. The molecule has 0 atom stereocenters. The second-order valence-electron chi connectivity index (χ2n) is 5.07. The first-order chi connectivity index (χ1) is 11.3. The Morgan fingerprint density at radius 3 is 2.54 bits per heavy atom. The quantitative estimate of drug-likeness (QED) is 0.432. The number of aryl methyl sites for hydroxylation is 1. The van der Waals surface area contributed by atoms with Crippen LogP contribution in [0.15, 0.2) is 45.2 Å². The Morgan fingerprint density at radius 1 is 1.29 bits per heavy atom. The van der Waals surface area contributed by atoms with Crippen LogP contribution in [0.1, 0.15) is 29.4 Å². The summed E-state index contributed by atoms with van der Waals surface area (Å²) in [6.07, 6.45) is 1.57. The molecule has 1 aromatic heterocycles. The number of hydrogen-bond acceptors (Lipinski definition) is 6. The summed E-state index contributed by atoms with van der Waals surface area (Å²) in [7, 11) is -3.78. The molecule has 0 bridgehead atoms. The fraction of sp³-hybridized carbons (Fsp3) is 0.267. The molecule has 0 amide bonds. The number of H-pyrrole nitrogens is 1. The standard InChI is InChI=1S/C15H17N3O4S2/c1-2-3-11-8-14(20)18-15(17-11)23-9-13(19)10-4-6-12(7-5-10)24(16,21)22/h4-8H,2-3,9H2,1H3,(H2,16,21,22)(H,17,18,20). The van der Waals surface area contributed by atoms with Crippen LogP contribution < -0.4 is 10.7 Å². The number of aromatic nitrogens is 2. The van der Waals surface area contributed by atoms with Gasteiger partial charge >= 0.3 is 0 Å². The molecule has 24 heavy (non-hydrogen) atoms. The minimum atomic E-state index is -3.78. The van der Waals surface area contributed by atoms with Gasteiger partial charge in [0.1, 0.15) is 0 Å². The minimum absolute atomic E-state index is 0.0510. The van der Waals surface area contributed by atoms with E-state index in [2.05, 4.69) is 9.97 Å². The molecule has 1 heterocycles. The van der Waals surface area contributed by atoms with Crippen molar-refractivity contribution < 1.29 is 13.2 Å². The summed E-state index contributed by atoms with van der Waals surface area (Å²) >= 11 is 1.13. The van der Waals surface area contributed by atoms with Crippen molar-refractivity contribution in [3.63, 3.8) is 0 Å². The van der Waals surface area contributed by atoms with Crippen molar-refractivity contribution in [2.75, 3.05) is 5.75 Å². The van der Waals surface area contributed by atoms with Crippen molar-refractivity contribution in [3.8, 4) is 0 Å². The summed E-state index contributed by atoms with van der Waals surface area (Å²) < 4.78 is 22.4. The van der Waals surface area contributed by atoms with Gasteiger partial charge in [0.25, 0.3) is 5.56 Å². The van der Waals surface area contributed by atoms with E-state index in [1.807, 2.05) is 6.92 Å². The van der Waals surface area contributed by atoms with Gasteiger partial charge in [0.2, 0.25) is 10.0 Å². The maximum atomic E-state index is 12.2. The topological polar surface area (TPSA) is 123 Å². The number of rotatable bonds is 7. The van der Waals surface area contributed by atoms with Gasteiger partial charge in [-0.1, -0.05) is 37.2 Å². The molecule has 0 aliphatic heterocycles. The van der Waals surface area contributed by atoms with Crippen molar-refractivity contribution in [1.29, 1.82) is 0 Å². The van der Waals surface area contributed by atoms with Crippen molar-refractivity contribution in [1.82, 2.24) is 9.97 Å². The number of thioether (sulfide) groups is 1. The average molecular weight is 367 g/mol. The second kappa shape index (κ2) is 7.73. The summed E-state index contributed by atoms with van der Waals surface area (Å²) in [5, 5.41) is 5.40. The van der Waals surface area contributed by atoms with Crippen LogP contribution in [0.3, 0.4) is 0 Å². The molecule has 3 N–H and O–H groups in total. The van der Waals surface area contributed by atoms with E-state index < -0.39 is 10.0 Å². The Bertz CT molecular complexity index is 890. The zero-order valence-electron chi connectivity index (χ0n) is 13.0. The molecule has 2 rings (SSSR count). The van der Waals surface area contributed by atoms with Crippen molar-refractivity contribution >= 4 is 27.6 Å². The predicted octanol–water partition coefficient (Wildman–Crippen LogP) is 1.34. The molecule has 0 saturated heterocycles. The van der Waals surface area contributed by atoms with Gasteiger partial charge in [0.05, 0.1) is 10.6 Å². The fourth-order valence-corrected chi connectivity index (χ4v) is 3.29. The highest BCUT2D eigenvalue weighted by Crippen LogP contribution is 2.16. The Kier molecular flexibility index (Phi) is 5.92. The number of nitrogens with one attached hydrogen (secondary N) is 1. The smallest absolute Gasteiger partial charge is 0.251 e. The van der Waals surface area contributed by atoms with Crippen LogP contribution in [0.2, 0.25) is 0 Å². The van der Waals surface area contributed by atoms with Gasteiger partial charge < -0.3 is 4.98 Å². The third-order valence-electron chi connectivity index (χ3n) is 3.12. The molecule has 0 aliphatic rings. The van der Waals surface area contributed by atoms with E-state index >= 15 is 0 Å². The maximum absolute atomic E-state index is 12.2. The Balaban J connectivity index is 2.07. The van der Waals surface area contributed by atoms with Crippen LogP contribution in [0.5, 0.6) is 0 Å². The Labute approximate surface area is 143 Å². The molecule has 128 valence electrons. The van der Waals surface area contributed by atoms with Gasteiger partial charge in [-0.05, 0) is 18.6 Å². The summed E-state index contributed by atoms with van der Waals surface area (Å²) in [6.45, 7) is 1.99. The number of nitrogens with zero attached hydrogens (tertiary/aromatic N) is 1. The number of carbonyl (C=O) groups is 1. The van der Waals surface area contributed by atoms with E-state index in [0.717, 1.165) is 18.2 Å². The first-order valence-corrected chi connectivity index (χ1v) is 9.72. The van der Waals surface area contributed by atoms with Gasteiger partial charge in [-0.2, -0.15) is 0 Å². The van der Waals surface area contributed by atoms with Crippen molar-refractivity contribution in [3.05, 3.63) is 51.9 Å². The van der Waals surface area contributed by atoms with Crippen LogP contribution in [-0.2, 0) is 16.4 Å². The van der Waals surface area contributed by atoms with E-state index in [9.17, 15) is 18.0 Å². The lowest BCUT2D eigenvalue weighted by atomic mass is 10.1. The van der Waals surface area contributed by atoms with E-state index in [1.165, 1.54) is 30.3 Å². The lowest BCUT2D eigenvalue weighted by Gasteiger charge is -2.04. The third kappa shape index (κ3) is 5.02. The highest BCUT2D eigenvalue weighted by Gasteiger charge is 2.11. The second-order valence-corrected chi connectivity index (χ2v) is 7.60. The first-order valence-electron chi connectivity index (χ1n) is 7.18. The van der Waals surface area contributed by atoms with Gasteiger partial charge in [0.15, 0.2) is 10.9 Å². The number of carbonyl (C=O) groups excluding carboxylic acids is 1. The van der Waals surface area contributed by atoms with E-state index in [-0.39, 0.29) is 22.0 Å². The van der Waals surface area contributed by atoms with E-state index in [0.29, 0.717) is 22.8 Å². The largest absolute Gasteiger partial charge is 0.301 e. The van der Waals surface area contributed by atoms with Crippen LogP contribution in [0.4, 0.5) is 0 Å². The highest BCUT2D eigenvalue weighted by atomic mass is 32.2. The summed E-state index contributed by atoms with van der Waals surface area (Å²) in [4.78, 5) is 30.6. The Hall–Kier alpha value is -1.97. The molecular weight excluding hydrogens is 350 g/mol. The van der Waals surface area contributed by atoms with Crippen molar-refractivity contribution in [2.45, 2.75) is 29.8 Å². The molecule has 0 spiro atoms. The van der Waals surface area contributed by atoms with Gasteiger partial charge in [0, 0.05) is 17.3 Å². The summed E-state index contributed by atoms with van der Waals surface area (Å²) in [5.74, 6) is -0.128. The number of benzene rings is 1. The van der Waals surface area contributed by atoms with Crippen LogP contribution in [0.25, 0.3) is 0 Å².